The van der Waals surface area contributed by atoms with Crippen molar-refractivity contribution in [1.82, 2.24) is 5.32 Å². The Morgan fingerprint density at radius 2 is 2.06 bits per heavy atom. The maximum absolute atomic E-state index is 3.58. The van der Waals surface area contributed by atoms with Crippen LogP contribution in [0, 0.1) is 17.3 Å². The Labute approximate surface area is 102 Å². The van der Waals surface area contributed by atoms with Crippen LogP contribution in [0.2, 0.25) is 0 Å². The molecular weight excluding hydrogens is 194 g/mol. The minimum atomic E-state index is 0.715. The smallest absolute Gasteiger partial charge is 0.00464 e. The first-order valence-corrected chi connectivity index (χ1v) is 7.33. The molecule has 96 valence electrons. The second kappa shape index (κ2) is 6.64. The predicted molar refractivity (Wildman–Crippen MR) is 72.7 cm³/mol. The fraction of sp³-hybridized carbons (Fsp3) is 1.00. The Hall–Kier alpha value is -0.0400. The Bertz CT molecular complexity index is 190. The summed E-state index contributed by atoms with van der Waals surface area (Å²) in [5.74, 6) is 1.92. The molecule has 1 fully saturated rings. The summed E-state index contributed by atoms with van der Waals surface area (Å²) < 4.78 is 0. The van der Waals surface area contributed by atoms with Crippen molar-refractivity contribution in [2.75, 3.05) is 13.1 Å². The molecule has 1 N–H and O–H groups in total. The lowest BCUT2D eigenvalue weighted by atomic mass is 9.98. The maximum atomic E-state index is 3.58. The van der Waals surface area contributed by atoms with E-state index in [1.807, 2.05) is 0 Å². The van der Waals surface area contributed by atoms with E-state index in [2.05, 4.69) is 33.0 Å². The van der Waals surface area contributed by atoms with Gasteiger partial charge >= 0.3 is 0 Å². The maximum Gasteiger partial charge on any atom is -0.00464 e. The zero-order valence-corrected chi connectivity index (χ0v) is 11.8. The van der Waals surface area contributed by atoms with Gasteiger partial charge in [-0.05, 0) is 56.0 Å². The van der Waals surface area contributed by atoms with Gasteiger partial charge in [0.1, 0.15) is 0 Å². The van der Waals surface area contributed by atoms with Crippen molar-refractivity contribution in [2.45, 2.75) is 66.2 Å². The van der Waals surface area contributed by atoms with Gasteiger partial charge in [-0.3, -0.25) is 0 Å². The van der Waals surface area contributed by atoms with E-state index in [0.29, 0.717) is 5.41 Å². The van der Waals surface area contributed by atoms with Gasteiger partial charge in [0.05, 0.1) is 0 Å². The van der Waals surface area contributed by atoms with Crippen LogP contribution in [0.3, 0.4) is 0 Å². The highest BCUT2D eigenvalue weighted by Gasteiger charge is 2.47. The summed E-state index contributed by atoms with van der Waals surface area (Å²) in [5.41, 5.74) is 0.715. The topological polar surface area (TPSA) is 12.0 Å². The average molecular weight is 225 g/mol. The van der Waals surface area contributed by atoms with Crippen LogP contribution in [0.4, 0.5) is 0 Å². The molecular formula is C15H31N. The molecule has 1 aliphatic carbocycles. The van der Waals surface area contributed by atoms with Crippen LogP contribution in [-0.2, 0) is 0 Å². The molecule has 16 heavy (non-hydrogen) atoms. The van der Waals surface area contributed by atoms with Crippen molar-refractivity contribution in [3.63, 3.8) is 0 Å². The van der Waals surface area contributed by atoms with Crippen molar-refractivity contribution < 1.29 is 0 Å². The largest absolute Gasteiger partial charge is 0.317 e. The molecule has 1 saturated carbocycles. The first-order chi connectivity index (χ1) is 7.62. The van der Waals surface area contributed by atoms with Crippen LogP contribution in [0.25, 0.3) is 0 Å². The molecule has 0 aromatic carbocycles. The highest BCUT2D eigenvalue weighted by atomic mass is 14.8. The lowest BCUT2D eigenvalue weighted by molar-refractivity contribution is 0.422. The molecule has 1 aliphatic rings. The molecule has 0 heterocycles. The van der Waals surface area contributed by atoms with Crippen LogP contribution in [0.15, 0.2) is 0 Å². The minimum absolute atomic E-state index is 0.715. The van der Waals surface area contributed by atoms with E-state index < -0.39 is 0 Å². The van der Waals surface area contributed by atoms with E-state index in [0.717, 1.165) is 11.8 Å². The molecule has 2 unspecified atom stereocenters. The Balaban J connectivity index is 1.89. The highest BCUT2D eigenvalue weighted by Crippen LogP contribution is 2.56. The molecule has 0 aliphatic heterocycles. The van der Waals surface area contributed by atoms with Crippen molar-refractivity contribution in [3.8, 4) is 0 Å². The van der Waals surface area contributed by atoms with Gasteiger partial charge in [-0.1, -0.05) is 40.5 Å². The lowest BCUT2D eigenvalue weighted by Gasteiger charge is -2.12. The molecule has 0 radical (unpaired) electrons. The van der Waals surface area contributed by atoms with Crippen molar-refractivity contribution in [2.24, 2.45) is 17.3 Å². The highest BCUT2D eigenvalue weighted by molar-refractivity contribution is 4.97. The van der Waals surface area contributed by atoms with Crippen LogP contribution < -0.4 is 5.32 Å². The van der Waals surface area contributed by atoms with E-state index in [1.54, 1.807) is 0 Å². The van der Waals surface area contributed by atoms with Gasteiger partial charge in [0.2, 0.25) is 0 Å². The van der Waals surface area contributed by atoms with E-state index in [4.69, 9.17) is 0 Å². The summed E-state index contributed by atoms with van der Waals surface area (Å²) in [6, 6.07) is 0. The molecule has 0 aromatic rings. The third-order valence-corrected chi connectivity index (χ3v) is 4.64. The first-order valence-electron chi connectivity index (χ1n) is 7.33. The van der Waals surface area contributed by atoms with Crippen LogP contribution in [0.5, 0.6) is 0 Å². The van der Waals surface area contributed by atoms with E-state index in [-0.39, 0.29) is 0 Å². The molecule has 1 rings (SSSR count). The molecule has 3 atom stereocenters. The van der Waals surface area contributed by atoms with Gasteiger partial charge in [0, 0.05) is 0 Å². The number of hydrogen-bond acceptors (Lipinski definition) is 1. The minimum Gasteiger partial charge on any atom is -0.317 e. The molecule has 0 bridgehead atoms. The fourth-order valence-electron chi connectivity index (χ4n) is 2.74. The van der Waals surface area contributed by atoms with Gasteiger partial charge in [0.15, 0.2) is 0 Å². The van der Waals surface area contributed by atoms with Crippen LogP contribution in [0.1, 0.15) is 66.2 Å². The average Bonchev–Trinajstić information content (AvgIpc) is 2.94. The zero-order chi connectivity index (χ0) is 12.0. The third kappa shape index (κ3) is 4.45. The van der Waals surface area contributed by atoms with Crippen LogP contribution in [-0.4, -0.2) is 13.1 Å². The summed E-state index contributed by atoms with van der Waals surface area (Å²) in [4.78, 5) is 0. The zero-order valence-electron chi connectivity index (χ0n) is 11.8. The standard InChI is InChI=1S/C15H31N/c1-5-13(3)8-11-16-10-7-9-15(4)12-14(15)6-2/h13-14,16H,5-12H2,1-4H3/t13?,14?,15-/m1/s1. The summed E-state index contributed by atoms with van der Waals surface area (Å²) in [7, 11) is 0. The summed E-state index contributed by atoms with van der Waals surface area (Å²) in [6.07, 6.45) is 8.33. The van der Waals surface area contributed by atoms with Crippen LogP contribution >= 0.6 is 0 Å². The lowest BCUT2D eigenvalue weighted by Crippen LogP contribution is -2.19. The van der Waals surface area contributed by atoms with Gasteiger partial charge in [-0.25, -0.2) is 0 Å². The second-order valence-electron chi connectivity index (χ2n) is 6.12. The predicted octanol–water partition coefficient (Wildman–Crippen LogP) is 4.23. The molecule has 1 heteroatoms. The molecule has 1 nitrogen and oxygen atoms in total. The first kappa shape index (κ1) is 14.0. The van der Waals surface area contributed by atoms with Gasteiger partial charge in [0.25, 0.3) is 0 Å². The summed E-state index contributed by atoms with van der Waals surface area (Å²) in [6.45, 7) is 11.9. The summed E-state index contributed by atoms with van der Waals surface area (Å²) in [5, 5.41) is 3.58. The fourth-order valence-corrected chi connectivity index (χ4v) is 2.74. The third-order valence-electron chi connectivity index (χ3n) is 4.64. The SMILES string of the molecule is CCC(C)CCNCCC[C@]1(C)CC1CC. The quantitative estimate of drug-likeness (QED) is 0.579. The second-order valence-corrected chi connectivity index (χ2v) is 6.12. The van der Waals surface area contributed by atoms with E-state index in [9.17, 15) is 0 Å². The van der Waals surface area contributed by atoms with E-state index in [1.165, 1.54) is 51.6 Å². The molecule has 0 aromatic heterocycles. The molecule has 0 saturated heterocycles. The van der Waals surface area contributed by atoms with Gasteiger partial charge < -0.3 is 5.32 Å². The Morgan fingerprint density at radius 1 is 1.31 bits per heavy atom. The van der Waals surface area contributed by atoms with Gasteiger partial charge in [-0.15, -0.1) is 0 Å². The number of rotatable bonds is 9. The monoisotopic (exact) mass is 225 g/mol. The summed E-state index contributed by atoms with van der Waals surface area (Å²) >= 11 is 0. The van der Waals surface area contributed by atoms with Gasteiger partial charge in [-0.2, -0.15) is 0 Å². The van der Waals surface area contributed by atoms with Crippen molar-refractivity contribution in [1.29, 1.82) is 0 Å². The number of hydrogen-bond donors (Lipinski definition) is 1. The number of nitrogens with one attached hydrogen (secondary N) is 1. The normalized spacial score (nSPS) is 30.4. The Morgan fingerprint density at radius 3 is 2.62 bits per heavy atom. The van der Waals surface area contributed by atoms with Crippen molar-refractivity contribution in [3.05, 3.63) is 0 Å². The molecule has 0 spiro atoms. The van der Waals surface area contributed by atoms with Crippen molar-refractivity contribution >= 4 is 0 Å². The van der Waals surface area contributed by atoms with E-state index >= 15 is 0 Å². The molecule has 0 amide bonds. The Kier molecular flexibility index (Phi) is 5.82.